The van der Waals surface area contributed by atoms with Gasteiger partial charge in [-0.2, -0.15) is 0 Å². The predicted octanol–water partition coefficient (Wildman–Crippen LogP) is 7.37. The first kappa shape index (κ1) is 19.9. The highest BCUT2D eigenvalue weighted by Gasteiger charge is 2.12. The Morgan fingerprint density at radius 3 is 2.31 bits per heavy atom. The monoisotopic (exact) mass is 479 g/mol. The van der Waals surface area contributed by atoms with Crippen LogP contribution in [-0.2, 0) is 0 Å². The molecule has 1 unspecified atom stereocenters. The van der Waals surface area contributed by atoms with Crippen LogP contribution in [-0.4, -0.2) is 24.5 Å². The Morgan fingerprint density at radius 1 is 0.962 bits per heavy atom. The average Bonchev–Trinajstić information content (AvgIpc) is 2.91. The van der Waals surface area contributed by atoms with Gasteiger partial charge in [-0.15, -0.1) is 0 Å². The van der Waals surface area contributed by atoms with E-state index in [2.05, 4.69) is 67.9 Å². The van der Waals surface area contributed by atoms with Gasteiger partial charge in [0.1, 0.15) is 11.5 Å². The van der Waals surface area contributed by atoms with Crippen molar-refractivity contribution in [3.05, 3.63) is 57.0 Å². The maximum atomic E-state index is 5.99. The van der Waals surface area contributed by atoms with Crippen molar-refractivity contribution in [2.24, 2.45) is 0 Å². The number of hydrogen-bond donors (Lipinski definition) is 0. The molecule has 1 aliphatic heterocycles. The Hall–Kier alpha value is -0.840. The summed E-state index contributed by atoms with van der Waals surface area (Å²) in [4.78, 5) is 2.64. The summed E-state index contributed by atoms with van der Waals surface area (Å²) in [5, 5.41) is 0. The number of benzene rings is 2. The summed E-state index contributed by atoms with van der Waals surface area (Å²) in [6.45, 7) is 6.10. The van der Waals surface area contributed by atoms with Gasteiger partial charge in [-0.25, -0.2) is 0 Å². The molecular weight excluding hydrogens is 454 g/mol. The minimum absolute atomic E-state index is 0.576. The first-order valence-corrected chi connectivity index (χ1v) is 11.2. The lowest BCUT2D eigenvalue weighted by atomic mass is 9.97. The number of rotatable bonds is 6. The molecule has 0 N–H and O–H groups in total. The zero-order valence-electron chi connectivity index (χ0n) is 15.4. The topological polar surface area (TPSA) is 12.5 Å². The molecule has 1 atom stereocenters. The predicted molar refractivity (Wildman–Crippen MR) is 116 cm³/mol. The molecule has 0 saturated carbocycles. The molecule has 0 aliphatic carbocycles. The van der Waals surface area contributed by atoms with Crippen molar-refractivity contribution in [3.63, 3.8) is 0 Å². The molecule has 0 spiro atoms. The normalized spacial score (nSPS) is 16.9. The van der Waals surface area contributed by atoms with E-state index in [4.69, 9.17) is 4.74 Å². The fraction of sp³-hybridized carbons (Fsp3) is 0.455. The van der Waals surface area contributed by atoms with Crippen molar-refractivity contribution in [3.8, 4) is 11.5 Å². The van der Waals surface area contributed by atoms with E-state index in [9.17, 15) is 0 Å². The summed E-state index contributed by atoms with van der Waals surface area (Å²) < 4.78 is 7.97. The van der Waals surface area contributed by atoms with Gasteiger partial charge in [0, 0.05) is 4.47 Å². The van der Waals surface area contributed by atoms with E-state index >= 15 is 0 Å². The van der Waals surface area contributed by atoms with Crippen molar-refractivity contribution in [2.75, 3.05) is 19.6 Å². The van der Waals surface area contributed by atoms with E-state index in [0.29, 0.717) is 5.92 Å². The van der Waals surface area contributed by atoms with Gasteiger partial charge in [-0.3, -0.25) is 0 Å². The van der Waals surface area contributed by atoms with Crippen LogP contribution in [0.25, 0.3) is 0 Å². The Bertz CT molecular complexity index is 694. The van der Waals surface area contributed by atoms with E-state index in [-0.39, 0.29) is 0 Å². The molecule has 140 valence electrons. The second-order valence-electron chi connectivity index (χ2n) is 7.19. The number of ether oxygens (including phenoxy) is 1. The maximum Gasteiger partial charge on any atom is 0.141 e. The van der Waals surface area contributed by atoms with Crippen LogP contribution in [0.3, 0.4) is 0 Å². The van der Waals surface area contributed by atoms with Gasteiger partial charge in [-0.1, -0.05) is 47.8 Å². The Labute approximate surface area is 174 Å². The molecule has 2 aromatic carbocycles. The first-order chi connectivity index (χ1) is 12.6. The van der Waals surface area contributed by atoms with E-state index in [1.807, 2.05) is 18.2 Å². The summed E-state index contributed by atoms with van der Waals surface area (Å²) >= 11 is 7.01. The van der Waals surface area contributed by atoms with Gasteiger partial charge in [0.15, 0.2) is 0 Å². The lowest BCUT2D eigenvalue weighted by molar-refractivity contribution is 0.275. The molecule has 0 amide bonds. The quantitative estimate of drug-likeness (QED) is 0.427. The molecule has 3 rings (SSSR count). The van der Waals surface area contributed by atoms with Gasteiger partial charge in [0.25, 0.3) is 0 Å². The smallest absolute Gasteiger partial charge is 0.141 e. The lowest BCUT2D eigenvalue weighted by Gasteiger charge is -2.22. The van der Waals surface area contributed by atoms with Crippen molar-refractivity contribution in [1.82, 2.24) is 4.90 Å². The van der Waals surface area contributed by atoms with Gasteiger partial charge in [-0.05, 0) is 96.6 Å². The minimum Gasteiger partial charge on any atom is -0.456 e. The second kappa shape index (κ2) is 9.91. The molecule has 2 nitrogen and oxygen atoms in total. The average molecular weight is 481 g/mol. The third-order valence-electron chi connectivity index (χ3n) is 5.15. The third-order valence-corrected chi connectivity index (χ3v) is 6.26. The fourth-order valence-electron chi connectivity index (χ4n) is 3.45. The van der Waals surface area contributed by atoms with Crippen LogP contribution in [0.15, 0.2) is 51.4 Å². The Kier molecular flexibility index (Phi) is 7.59. The first-order valence-electron chi connectivity index (χ1n) is 9.57. The SMILES string of the molecule is CC(CCN1CCCCCC1)c1ccc(Oc2ccc(Br)cc2Br)cc1. The zero-order valence-corrected chi connectivity index (χ0v) is 18.6. The van der Waals surface area contributed by atoms with Crippen LogP contribution >= 0.6 is 31.9 Å². The Balaban J connectivity index is 1.54. The number of likely N-dealkylation sites (tertiary alicyclic amines) is 1. The minimum atomic E-state index is 0.576. The van der Waals surface area contributed by atoms with Crippen LogP contribution in [0.4, 0.5) is 0 Å². The molecule has 0 bridgehead atoms. The molecular formula is C22H27Br2NO. The van der Waals surface area contributed by atoms with Crippen LogP contribution in [0.2, 0.25) is 0 Å². The highest BCUT2D eigenvalue weighted by Crippen LogP contribution is 2.32. The summed E-state index contributed by atoms with van der Waals surface area (Å²) in [6, 6.07) is 14.5. The molecule has 26 heavy (non-hydrogen) atoms. The third kappa shape index (κ3) is 5.83. The number of hydrogen-bond acceptors (Lipinski definition) is 2. The van der Waals surface area contributed by atoms with Gasteiger partial charge < -0.3 is 9.64 Å². The Morgan fingerprint density at radius 2 is 1.65 bits per heavy atom. The largest absolute Gasteiger partial charge is 0.456 e. The molecule has 2 aromatic rings. The van der Waals surface area contributed by atoms with Crippen molar-refractivity contribution >= 4 is 31.9 Å². The van der Waals surface area contributed by atoms with Gasteiger partial charge in [0.2, 0.25) is 0 Å². The van der Waals surface area contributed by atoms with Crippen LogP contribution < -0.4 is 4.74 Å². The number of halogens is 2. The van der Waals surface area contributed by atoms with Crippen molar-refractivity contribution in [1.29, 1.82) is 0 Å². The van der Waals surface area contributed by atoms with E-state index in [1.165, 1.54) is 57.3 Å². The van der Waals surface area contributed by atoms with Crippen molar-refractivity contribution in [2.45, 2.75) is 44.9 Å². The van der Waals surface area contributed by atoms with Gasteiger partial charge >= 0.3 is 0 Å². The van der Waals surface area contributed by atoms with E-state index in [1.54, 1.807) is 0 Å². The van der Waals surface area contributed by atoms with Crippen LogP contribution in [0.5, 0.6) is 11.5 Å². The molecule has 1 fully saturated rings. The van der Waals surface area contributed by atoms with Crippen LogP contribution in [0, 0.1) is 0 Å². The van der Waals surface area contributed by atoms with E-state index in [0.717, 1.165) is 20.4 Å². The molecule has 1 heterocycles. The molecule has 0 radical (unpaired) electrons. The molecule has 4 heteroatoms. The molecule has 0 aromatic heterocycles. The fourth-order valence-corrected chi connectivity index (χ4v) is 4.58. The zero-order chi connectivity index (χ0) is 18.4. The summed E-state index contributed by atoms with van der Waals surface area (Å²) in [7, 11) is 0. The van der Waals surface area contributed by atoms with Crippen molar-refractivity contribution < 1.29 is 4.74 Å². The summed E-state index contributed by atoms with van der Waals surface area (Å²) in [6.07, 6.45) is 6.76. The summed E-state index contributed by atoms with van der Waals surface area (Å²) in [5.74, 6) is 2.28. The highest BCUT2D eigenvalue weighted by molar-refractivity contribution is 9.11. The van der Waals surface area contributed by atoms with Crippen LogP contribution in [0.1, 0.15) is 50.5 Å². The van der Waals surface area contributed by atoms with Gasteiger partial charge in [0.05, 0.1) is 4.47 Å². The summed E-state index contributed by atoms with van der Waals surface area (Å²) in [5.41, 5.74) is 1.39. The lowest BCUT2D eigenvalue weighted by Crippen LogP contribution is -2.26. The molecule has 1 saturated heterocycles. The number of nitrogens with zero attached hydrogens (tertiary/aromatic N) is 1. The highest BCUT2D eigenvalue weighted by atomic mass is 79.9. The molecule has 1 aliphatic rings. The maximum absolute atomic E-state index is 5.99. The van der Waals surface area contributed by atoms with E-state index < -0.39 is 0 Å². The second-order valence-corrected chi connectivity index (χ2v) is 8.96. The standard InChI is InChI=1S/C22H27Br2NO/c1-17(12-15-25-13-4-2-3-5-14-25)18-6-9-20(10-7-18)26-22-11-8-19(23)16-21(22)24/h6-11,16-17H,2-5,12-15H2,1H3.